The average Bonchev–Trinajstić information content (AvgIpc) is 3.93. The van der Waals surface area contributed by atoms with Crippen LogP contribution < -0.4 is 0 Å². The van der Waals surface area contributed by atoms with Crippen LogP contribution in [0, 0.1) is 0 Å². The summed E-state index contributed by atoms with van der Waals surface area (Å²) in [5.74, 6) is 0. The first-order chi connectivity index (χ1) is 34.1. The highest BCUT2D eigenvalue weighted by atomic mass is 15.0. The Morgan fingerprint density at radius 1 is 0.391 bits per heavy atom. The Hall–Kier alpha value is -6.12. The van der Waals surface area contributed by atoms with Crippen molar-refractivity contribution in [1.29, 1.82) is 0 Å². The predicted molar refractivity (Wildman–Crippen MR) is 196 cm³/mol. The maximum absolute atomic E-state index is 9.95. The summed E-state index contributed by atoms with van der Waals surface area (Å²) >= 11 is 0. The highest BCUT2D eigenvalue weighted by Crippen LogP contribution is 2.40. The Labute approximate surface area is 303 Å². The van der Waals surface area contributed by atoms with E-state index in [2.05, 4.69) is 4.98 Å². The summed E-state index contributed by atoms with van der Waals surface area (Å²) in [6, 6.07) is -23.1. The summed E-state index contributed by atoms with van der Waals surface area (Å²) in [5.41, 5.74) is -5.83. The molecule has 0 saturated carbocycles. The minimum absolute atomic E-state index is 0.238. The van der Waals surface area contributed by atoms with Gasteiger partial charge >= 0.3 is 0 Å². The molecule has 0 saturated heterocycles. The largest absolute Gasteiger partial charge is 0.355 e. The second kappa shape index (κ2) is 9.69. The lowest BCUT2D eigenvalue weighted by molar-refractivity contribution is 1.18. The second-order valence-electron chi connectivity index (χ2n) is 10.1. The number of hydrogen-bond acceptors (Lipinski definition) is 0. The Morgan fingerprint density at radius 3 is 1.93 bits per heavy atom. The molecular formula is C44H28N2. The van der Waals surface area contributed by atoms with Crippen molar-refractivity contribution in [3.05, 3.63) is 163 Å². The third-order valence-corrected chi connectivity index (χ3v) is 7.56. The Morgan fingerprint density at radius 2 is 1.02 bits per heavy atom. The summed E-state index contributed by atoms with van der Waals surface area (Å²) in [4.78, 5) is 2.70. The van der Waals surface area contributed by atoms with Gasteiger partial charge in [0.1, 0.15) is 0 Å². The van der Waals surface area contributed by atoms with Gasteiger partial charge in [0, 0.05) is 38.3 Å². The normalized spacial score (nSPS) is 20.1. The number of fused-ring (bicyclic) bond motifs is 9. The number of H-pyrrole nitrogens is 1. The molecule has 0 atom stereocenters. The monoisotopic (exact) mass is 611 g/mol. The Kier molecular flexibility index (Phi) is 2.21. The first kappa shape index (κ1) is 10.5. The van der Waals surface area contributed by atoms with E-state index in [-0.39, 0.29) is 21.8 Å². The molecular weight excluding hydrogens is 556 g/mol. The second-order valence-corrected chi connectivity index (χ2v) is 10.1. The summed E-state index contributed by atoms with van der Waals surface area (Å²) in [7, 11) is 0. The van der Waals surface area contributed by atoms with Crippen LogP contribution in [0.4, 0.5) is 0 Å². The van der Waals surface area contributed by atoms with E-state index in [4.69, 9.17) is 23.3 Å². The van der Waals surface area contributed by atoms with Gasteiger partial charge in [-0.15, -0.1) is 0 Å². The van der Waals surface area contributed by atoms with Gasteiger partial charge in [-0.3, -0.25) is 0 Å². The number of nitrogens with one attached hydrogen (secondary N) is 1. The molecule has 2 nitrogen and oxygen atoms in total. The fourth-order valence-electron chi connectivity index (χ4n) is 5.52. The molecule has 0 unspecified atom stereocenters. The summed E-state index contributed by atoms with van der Waals surface area (Å²) in [6.07, 6.45) is 0. The summed E-state index contributed by atoms with van der Waals surface area (Å²) < 4.78 is 243. The zero-order valence-electron chi connectivity index (χ0n) is 49.9. The molecule has 2 heterocycles. The molecule has 1 N–H and O–H groups in total. The first-order valence-electron chi connectivity index (χ1n) is 27.2. The number of hydrogen-bond donors (Lipinski definition) is 1. The molecule has 8 aromatic carbocycles. The highest BCUT2D eigenvalue weighted by molar-refractivity contribution is 6.22. The van der Waals surface area contributed by atoms with E-state index < -0.39 is 234 Å². The fraction of sp³-hybridized carbons (Fsp3) is 0. The molecule has 0 radical (unpaired) electrons. The molecule has 0 aliphatic rings. The number of rotatable bonds is 3. The number of aromatic nitrogens is 2. The van der Waals surface area contributed by atoms with Gasteiger partial charge in [0.05, 0.1) is 48.0 Å². The van der Waals surface area contributed by atoms with Crippen LogP contribution in [-0.4, -0.2) is 9.55 Å². The third kappa shape index (κ3) is 3.77. The lowest BCUT2D eigenvalue weighted by atomic mass is 9.99. The highest BCUT2D eigenvalue weighted by Gasteiger charge is 2.17. The van der Waals surface area contributed by atoms with E-state index in [0.29, 0.717) is 0 Å². The van der Waals surface area contributed by atoms with Crippen molar-refractivity contribution in [2.24, 2.45) is 0 Å². The molecule has 0 fully saturated rings. The molecule has 2 heteroatoms. The molecule has 0 amide bonds. The van der Waals surface area contributed by atoms with Gasteiger partial charge in [0.25, 0.3) is 0 Å². The number of benzene rings is 8. The van der Waals surface area contributed by atoms with E-state index in [1.807, 2.05) is 0 Å². The number of aromatic amines is 1. The van der Waals surface area contributed by atoms with Crippen LogP contribution in [0.25, 0.3) is 93.1 Å². The van der Waals surface area contributed by atoms with Crippen molar-refractivity contribution in [3.63, 3.8) is 0 Å². The smallest absolute Gasteiger partial charge is 0.0651 e. The summed E-state index contributed by atoms with van der Waals surface area (Å²) in [5, 5.41) is -4.06. The van der Waals surface area contributed by atoms with Crippen molar-refractivity contribution in [1.82, 2.24) is 9.55 Å². The zero-order valence-corrected chi connectivity index (χ0v) is 22.9. The van der Waals surface area contributed by atoms with Gasteiger partial charge in [-0.1, -0.05) is 109 Å². The molecule has 214 valence electrons. The van der Waals surface area contributed by atoms with Crippen LogP contribution in [-0.2, 0) is 0 Å². The quantitative estimate of drug-likeness (QED) is 0.205. The minimum atomic E-state index is -1.05. The lowest BCUT2D eigenvalue weighted by Crippen LogP contribution is -1.94. The van der Waals surface area contributed by atoms with Crippen LogP contribution in [0.3, 0.4) is 0 Å². The molecule has 0 aliphatic carbocycles. The first-order valence-corrected chi connectivity index (χ1v) is 13.7. The van der Waals surface area contributed by atoms with Crippen molar-refractivity contribution < 1.29 is 37.0 Å². The van der Waals surface area contributed by atoms with Crippen molar-refractivity contribution in [2.45, 2.75) is 0 Å². The topological polar surface area (TPSA) is 20.7 Å². The number of para-hydroxylation sites is 1. The average molecular weight is 612 g/mol. The maximum Gasteiger partial charge on any atom is 0.0651 e. The van der Waals surface area contributed by atoms with Crippen molar-refractivity contribution in [3.8, 4) is 27.9 Å². The Bertz CT molecular complexity index is 4340. The maximum atomic E-state index is 9.95. The van der Waals surface area contributed by atoms with Crippen LogP contribution >= 0.6 is 0 Å². The zero-order chi connectivity index (χ0) is 53.7. The van der Waals surface area contributed by atoms with E-state index in [1.165, 1.54) is 0 Å². The Balaban J connectivity index is 1.46. The van der Waals surface area contributed by atoms with Crippen LogP contribution in [0.15, 0.2) is 163 Å². The van der Waals surface area contributed by atoms with E-state index in [9.17, 15) is 13.7 Å². The number of nitrogens with zero attached hydrogens (tertiary/aromatic N) is 1. The molecule has 0 spiro atoms. The van der Waals surface area contributed by atoms with E-state index in [0.717, 1.165) is 4.57 Å². The van der Waals surface area contributed by atoms with E-state index >= 15 is 0 Å². The van der Waals surface area contributed by atoms with Crippen LogP contribution in [0.2, 0.25) is 0 Å². The van der Waals surface area contributed by atoms with E-state index in [1.54, 1.807) is 0 Å². The van der Waals surface area contributed by atoms with Gasteiger partial charge in [-0.2, -0.15) is 0 Å². The van der Waals surface area contributed by atoms with Gasteiger partial charge in [-0.05, 0) is 98.2 Å². The molecule has 2 aromatic heterocycles. The minimum Gasteiger partial charge on any atom is -0.355 e. The molecule has 0 aliphatic heterocycles. The van der Waals surface area contributed by atoms with Crippen molar-refractivity contribution >= 4 is 65.2 Å². The van der Waals surface area contributed by atoms with Gasteiger partial charge in [0.2, 0.25) is 0 Å². The molecule has 10 aromatic rings. The molecule has 46 heavy (non-hydrogen) atoms. The van der Waals surface area contributed by atoms with Crippen molar-refractivity contribution in [2.75, 3.05) is 0 Å². The summed E-state index contributed by atoms with van der Waals surface area (Å²) in [6.45, 7) is 0. The third-order valence-electron chi connectivity index (χ3n) is 7.56. The standard InChI is InChI=1S/C44H28N2/c1-2-10-30-24-32(17-16-28(30)8-1)31-11-7-12-35(25-31)46-42-22-20-34(27-39(42)44-36-13-4-3-9-29(36)19-23-43(44)46)33-18-21-41-38(26-33)37-14-5-6-15-40(37)45-41/h1-27,45H/i1D,2D,3D,4D,5D,6D,7D,8D,9D,10D,11D,12D,13D,14D,15D,16D,17D,18D,19D,20D,21D,22D,23D,24D,25D,26D,27D. The molecule has 10 rings (SSSR count). The van der Waals surface area contributed by atoms with Crippen LogP contribution in [0.5, 0.6) is 0 Å². The van der Waals surface area contributed by atoms with Crippen LogP contribution in [0.1, 0.15) is 37.0 Å². The van der Waals surface area contributed by atoms with Gasteiger partial charge in [-0.25, -0.2) is 0 Å². The van der Waals surface area contributed by atoms with Gasteiger partial charge in [0.15, 0.2) is 0 Å². The molecule has 0 bridgehead atoms. The lowest BCUT2D eigenvalue weighted by Gasteiger charge is -2.11. The SMILES string of the molecule is [2H]c1c([2H])c(-c2c([2H])c([2H])c3c([2H])c([2H])c([2H])c([2H])c3c2[2H])c([2H])c(-n2c3c([2H])c([2H])c(-c4c([2H])c([2H])c5[nH]c6c([2H])c([2H])c([2H])c([2H])c6c5c4[2H])c([2H])c3c3c4c([2H])c([2H])c([2H])c([2H])c4c([2H])c([2H])c32)c1[2H]. The predicted octanol–water partition coefficient (Wildman–Crippen LogP) is 12.1. The van der Waals surface area contributed by atoms with Gasteiger partial charge < -0.3 is 9.55 Å². The fourth-order valence-corrected chi connectivity index (χ4v) is 5.52.